The van der Waals surface area contributed by atoms with Gasteiger partial charge in [0, 0.05) is 5.56 Å². The van der Waals surface area contributed by atoms with Gasteiger partial charge in [-0.15, -0.1) is 0 Å². The summed E-state index contributed by atoms with van der Waals surface area (Å²) in [5.74, 6) is -3.23. The maximum absolute atomic E-state index is 13.3. The van der Waals surface area contributed by atoms with E-state index in [1.165, 1.54) is 0 Å². The molecule has 0 saturated heterocycles. The molecule has 0 fully saturated rings. The van der Waals surface area contributed by atoms with E-state index in [2.05, 4.69) is 10.3 Å². The molecule has 0 spiro atoms. The van der Waals surface area contributed by atoms with E-state index in [4.69, 9.17) is 4.42 Å². The fourth-order valence-corrected chi connectivity index (χ4v) is 2.40. The van der Waals surface area contributed by atoms with Crippen molar-refractivity contribution in [1.82, 2.24) is 10.3 Å². The highest BCUT2D eigenvalue weighted by atomic mass is 19.2. The highest BCUT2D eigenvalue weighted by molar-refractivity contribution is 5.55. The van der Waals surface area contributed by atoms with E-state index in [0.717, 1.165) is 17.7 Å². The molecule has 0 aliphatic rings. The van der Waals surface area contributed by atoms with E-state index in [1.54, 1.807) is 6.20 Å². The second-order valence-corrected chi connectivity index (χ2v) is 5.40. The topological polar surface area (TPSA) is 58.3 Å². The average molecular weight is 348 g/mol. The summed E-state index contributed by atoms with van der Waals surface area (Å²) in [6.07, 6.45) is 1.57. The second-order valence-electron chi connectivity index (χ2n) is 5.40. The highest BCUT2D eigenvalue weighted by Crippen LogP contribution is 2.22. The van der Waals surface area contributed by atoms with Crippen LogP contribution in [0.25, 0.3) is 11.3 Å². The summed E-state index contributed by atoms with van der Waals surface area (Å²) in [6, 6.07) is 10.3. The van der Waals surface area contributed by atoms with Crippen LogP contribution in [0.1, 0.15) is 17.5 Å². The Morgan fingerprint density at radius 2 is 1.76 bits per heavy atom. The normalized spacial score (nSPS) is 12.3. The molecule has 2 aromatic carbocycles. The molecule has 4 nitrogen and oxygen atoms in total. The number of nitrogens with one attached hydrogen (secondary N) is 1. The van der Waals surface area contributed by atoms with Gasteiger partial charge in [-0.25, -0.2) is 18.2 Å². The van der Waals surface area contributed by atoms with Crippen molar-refractivity contribution in [1.29, 1.82) is 0 Å². The quantitative estimate of drug-likeness (QED) is 0.669. The van der Waals surface area contributed by atoms with E-state index in [9.17, 15) is 18.3 Å². The smallest absolute Gasteiger partial charge is 0.208 e. The molecule has 1 atom stereocenters. The molecule has 0 saturated carbocycles. The molecule has 1 aromatic heterocycles. The molecule has 3 rings (SSSR count). The van der Waals surface area contributed by atoms with E-state index in [-0.39, 0.29) is 12.1 Å². The third-order valence-electron chi connectivity index (χ3n) is 3.70. The van der Waals surface area contributed by atoms with Crippen LogP contribution in [0.2, 0.25) is 0 Å². The lowest BCUT2D eigenvalue weighted by Gasteiger charge is -2.16. The number of rotatable bonds is 6. The standard InChI is InChI=1S/C18H15F3N2O2/c19-13-6-12(7-14(20)18(13)21)15(10-24)22-9-17-23-8-16(25-17)11-4-2-1-3-5-11/h1-8,15,22,24H,9-10H2. The van der Waals surface area contributed by atoms with Crippen molar-refractivity contribution in [3.05, 3.63) is 77.6 Å². The van der Waals surface area contributed by atoms with Crippen LogP contribution in [-0.4, -0.2) is 16.7 Å². The highest BCUT2D eigenvalue weighted by Gasteiger charge is 2.17. The monoisotopic (exact) mass is 348 g/mol. The SMILES string of the molecule is OCC(NCc1ncc(-c2ccccc2)o1)c1cc(F)c(F)c(F)c1. The van der Waals surface area contributed by atoms with Crippen molar-refractivity contribution >= 4 is 0 Å². The summed E-state index contributed by atoms with van der Waals surface area (Å²) in [7, 11) is 0. The predicted molar refractivity (Wildman–Crippen MR) is 84.9 cm³/mol. The van der Waals surface area contributed by atoms with Crippen LogP contribution in [0, 0.1) is 17.5 Å². The minimum Gasteiger partial charge on any atom is -0.439 e. The van der Waals surface area contributed by atoms with Gasteiger partial charge in [-0.1, -0.05) is 30.3 Å². The molecule has 0 radical (unpaired) electrons. The van der Waals surface area contributed by atoms with Crippen LogP contribution < -0.4 is 5.32 Å². The van der Waals surface area contributed by atoms with E-state index >= 15 is 0 Å². The van der Waals surface area contributed by atoms with Crippen LogP contribution in [0.5, 0.6) is 0 Å². The lowest BCUT2D eigenvalue weighted by atomic mass is 10.1. The maximum atomic E-state index is 13.3. The van der Waals surface area contributed by atoms with Gasteiger partial charge in [0.1, 0.15) is 0 Å². The third kappa shape index (κ3) is 3.89. The number of benzene rings is 2. The summed E-state index contributed by atoms with van der Waals surface area (Å²) in [5, 5.41) is 12.3. The Morgan fingerprint density at radius 1 is 1.08 bits per heavy atom. The number of nitrogens with zero attached hydrogens (tertiary/aromatic N) is 1. The number of aromatic nitrogens is 1. The molecule has 0 aliphatic carbocycles. The van der Waals surface area contributed by atoms with Gasteiger partial charge in [0.2, 0.25) is 5.89 Å². The average Bonchev–Trinajstić information content (AvgIpc) is 3.10. The van der Waals surface area contributed by atoms with Crippen LogP contribution in [0.3, 0.4) is 0 Å². The number of hydrogen-bond donors (Lipinski definition) is 2. The molecule has 25 heavy (non-hydrogen) atoms. The molecule has 0 bridgehead atoms. The molecule has 1 heterocycles. The molecular weight excluding hydrogens is 333 g/mol. The molecule has 2 N–H and O–H groups in total. The number of halogens is 3. The summed E-state index contributed by atoms with van der Waals surface area (Å²) < 4.78 is 45.3. The fourth-order valence-electron chi connectivity index (χ4n) is 2.40. The Balaban J connectivity index is 1.71. The van der Waals surface area contributed by atoms with Crippen molar-refractivity contribution in [2.45, 2.75) is 12.6 Å². The van der Waals surface area contributed by atoms with Gasteiger partial charge in [0.15, 0.2) is 23.2 Å². The number of aliphatic hydroxyl groups is 1. The fraction of sp³-hybridized carbons (Fsp3) is 0.167. The molecule has 7 heteroatoms. The summed E-state index contributed by atoms with van der Waals surface area (Å²) in [6.45, 7) is -0.310. The van der Waals surface area contributed by atoms with Gasteiger partial charge in [0.25, 0.3) is 0 Å². The Kier molecular flexibility index (Phi) is 5.16. The van der Waals surface area contributed by atoms with Crippen molar-refractivity contribution < 1.29 is 22.7 Å². The molecule has 0 aliphatic heterocycles. The minimum atomic E-state index is -1.54. The molecular formula is C18H15F3N2O2. The summed E-state index contributed by atoms with van der Waals surface area (Å²) in [4.78, 5) is 4.12. The van der Waals surface area contributed by atoms with Crippen molar-refractivity contribution in [3.8, 4) is 11.3 Å². The zero-order chi connectivity index (χ0) is 17.8. The van der Waals surface area contributed by atoms with Crippen molar-refractivity contribution in [2.24, 2.45) is 0 Å². The number of oxazole rings is 1. The van der Waals surface area contributed by atoms with Crippen molar-refractivity contribution in [3.63, 3.8) is 0 Å². The lowest BCUT2D eigenvalue weighted by molar-refractivity contribution is 0.239. The van der Waals surface area contributed by atoms with Crippen LogP contribution in [0.4, 0.5) is 13.2 Å². The van der Waals surface area contributed by atoms with E-state index in [0.29, 0.717) is 11.7 Å². The van der Waals surface area contributed by atoms with Gasteiger partial charge in [-0.05, 0) is 17.7 Å². The van der Waals surface area contributed by atoms with Crippen molar-refractivity contribution in [2.75, 3.05) is 6.61 Å². The van der Waals surface area contributed by atoms with Gasteiger partial charge in [0.05, 0.1) is 25.4 Å². The Labute approximate surface area is 141 Å². The zero-order valence-corrected chi connectivity index (χ0v) is 13.0. The second kappa shape index (κ2) is 7.50. The van der Waals surface area contributed by atoms with E-state index < -0.39 is 30.1 Å². The first-order chi connectivity index (χ1) is 12.1. The Morgan fingerprint density at radius 3 is 2.40 bits per heavy atom. The van der Waals surface area contributed by atoms with Crippen LogP contribution in [-0.2, 0) is 6.54 Å². The van der Waals surface area contributed by atoms with Gasteiger partial charge in [-0.3, -0.25) is 5.32 Å². The zero-order valence-electron chi connectivity index (χ0n) is 13.0. The first kappa shape index (κ1) is 17.2. The Bertz CT molecular complexity index is 830. The Hall–Kier alpha value is -2.64. The molecule has 130 valence electrons. The number of aliphatic hydroxyl groups excluding tert-OH is 1. The lowest BCUT2D eigenvalue weighted by Crippen LogP contribution is -2.24. The molecule has 0 amide bonds. The maximum Gasteiger partial charge on any atom is 0.208 e. The first-order valence-corrected chi connectivity index (χ1v) is 7.57. The van der Waals surface area contributed by atoms with Crippen LogP contribution >= 0.6 is 0 Å². The molecule has 3 aromatic rings. The summed E-state index contributed by atoms with van der Waals surface area (Å²) >= 11 is 0. The number of hydrogen-bond acceptors (Lipinski definition) is 4. The predicted octanol–water partition coefficient (Wildman–Crippen LogP) is 3.58. The van der Waals surface area contributed by atoms with Gasteiger partial charge < -0.3 is 9.52 Å². The summed E-state index contributed by atoms with van der Waals surface area (Å²) in [5.41, 5.74) is 0.955. The van der Waals surface area contributed by atoms with Gasteiger partial charge in [-0.2, -0.15) is 0 Å². The van der Waals surface area contributed by atoms with Crippen LogP contribution in [0.15, 0.2) is 53.1 Å². The van der Waals surface area contributed by atoms with E-state index in [1.807, 2.05) is 30.3 Å². The van der Waals surface area contributed by atoms with Gasteiger partial charge >= 0.3 is 0 Å². The third-order valence-corrected chi connectivity index (χ3v) is 3.70. The first-order valence-electron chi connectivity index (χ1n) is 7.57. The minimum absolute atomic E-state index is 0.0914. The largest absolute Gasteiger partial charge is 0.439 e. The molecule has 1 unspecified atom stereocenters.